The average Bonchev–Trinajstić information content (AvgIpc) is 2.32. The lowest BCUT2D eigenvalue weighted by Crippen LogP contribution is -2.28. The Kier molecular flexibility index (Phi) is 7.82. The maximum Gasteiger partial charge on any atom is 0.229 e. The van der Waals surface area contributed by atoms with Gasteiger partial charge in [-0.3, -0.25) is 0 Å². The number of allylic oxidation sites excluding steroid dienone is 2. The molecule has 0 bridgehead atoms. The average molecular weight is 283 g/mol. The molecule has 112 valence electrons. The van der Waals surface area contributed by atoms with Gasteiger partial charge in [0.15, 0.2) is 0 Å². The van der Waals surface area contributed by atoms with Gasteiger partial charge in [-0.25, -0.2) is 0 Å². The van der Waals surface area contributed by atoms with E-state index in [2.05, 4.69) is 33.0 Å². The first-order chi connectivity index (χ1) is 9.12. The molecule has 1 saturated carbocycles. The maximum atomic E-state index is 6.08. The molecule has 0 amide bonds. The third-order valence-corrected chi connectivity index (χ3v) is 5.18. The molecule has 19 heavy (non-hydrogen) atoms. The topological polar surface area (TPSA) is 9.23 Å². The van der Waals surface area contributed by atoms with Gasteiger partial charge in [0, 0.05) is 6.42 Å². The smallest absolute Gasteiger partial charge is 0.229 e. The van der Waals surface area contributed by atoms with Gasteiger partial charge in [-0.05, 0) is 63.1 Å². The van der Waals surface area contributed by atoms with E-state index >= 15 is 0 Å². The molecule has 1 rings (SSSR count). The highest BCUT2D eigenvalue weighted by Crippen LogP contribution is 2.48. The minimum absolute atomic E-state index is 0.705. The van der Waals surface area contributed by atoms with Crippen LogP contribution >= 0.6 is 0 Å². The third kappa shape index (κ3) is 6.16. The lowest BCUT2D eigenvalue weighted by molar-refractivity contribution is 0.106. The molecular formula is C17H34OSi. The van der Waals surface area contributed by atoms with Gasteiger partial charge in [0.25, 0.3) is 0 Å². The summed E-state index contributed by atoms with van der Waals surface area (Å²) in [6.45, 7) is 9.12. The van der Waals surface area contributed by atoms with E-state index in [4.69, 9.17) is 4.43 Å². The Hall–Kier alpha value is -0.243. The number of rotatable bonds is 10. The van der Waals surface area contributed by atoms with Crippen molar-refractivity contribution in [2.45, 2.75) is 91.1 Å². The lowest BCUT2D eigenvalue weighted by Gasteiger charge is -2.42. The van der Waals surface area contributed by atoms with E-state index in [1.807, 2.05) is 0 Å². The van der Waals surface area contributed by atoms with E-state index in [0.29, 0.717) is 5.41 Å². The highest BCUT2D eigenvalue weighted by molar-refractivity contribution is 6.48. The lowest BCUT2D eigenvalue weighted by atomic mass is 9.63. The van der Waals surface area contributed by atoms with E-state index in [9.17, 15) is 0 Å². The Morgan fingerprint density at radius 2 is 1.89 bits per heavy atom. The summed E-state index contributed by atoms with van der Waals surface area (Å²) >= 11 is 0. The van der Waals surface area contributed by atoms with E-state index < -0.39 is 9.04 Å². The molecule has 0 radical (unpaired) electrons. The van der Waals surface area contributed by atoms with Gasteiger partial charge in [-0.1, -0.05) is 33.1 Å². The quantitative estimate of drug-likeness (QED) is 0.363. The second kappa shape index (κ2) is 8.83. The molecule has 0 saturated heterocycles. The summed E-state index contributed by atoms with van der Waals surface area (Å²) in [5.41, 5.74) is 0.705. The molecule has 0 aromatic heterocycles. The summed E-state index contributed by atoms with van der Waals surface area (Å²) in [5, 5.41) is 0. The zero-order valence-electron chi connectivity index (χ0n) is 13.6. The fraction of sp³-hybridized carbons (Fsp3) is 0.882. The molecule has 0 atom stereocenters. The van der Waals surface area contributed by atoms with Crippen molar-refractivity contribution in [3.63, 3.8) is 0 Å². The van der Waals surface area contributed by atoms with Gasteiger partial charge in [0.2, 0.25) is 9.04 Å². The van der Waals surface area contributed by atoms with Crippen LogP contribution in [0.25, 0.3) is 0 Å². The van der Waals surface area contributed by atoms with Crippen LogP contribution in [-0.4, -0.2) is 9.04 Å². The predicted octanol–water partition coefficient (Wildman–Crippen LogP) is 5.81. The van der Waals surface area contributed by atoms with Crippen molar-refractivity contribution in [1.82, 2.24) is 0 Å². The van der Waals surface area contributed by atoms with Crippen LogP contribution in [0.2, 0.25) is 13.1 Å². The Labute approximate surface area is 122 Å². The van der Waals surface area contributed by atoms with Gasteiger partial charge in [0.05, 0.1) is 5.76 Å². The van der Waals surface area contributed by atoms with Gasteiger partial charge >= 0.3 is 0 Å². The molecule has 1 nitrogen and oxygen atoms in total. The molecule has 0 aromatic rings. The molecule has 0 unspecified atom stereocenters. The van der Waals surface area contributed by atoms with Crippen molar-refractivity contribution in [3.8, 4) is 0 Å². The van der Waals surface area contributed by atoms with Crippen molar-refractivity contribution in [2.75, 3.05) is 0 Å². The second-order valence-corrected chi connectivity index (χ2v) is 8.92. The van der Waals surface area contributed by atoms with Crippen LogP contribution in [0.4, 0.5) is 0 Å². The number of hydrogen-bond acceptors (Lipinski definition) is 1. The molecule has 1 fully saturated rings. The number of unbranched alkanes of at least 4 members (excludes halogenated alkanes) is 1. The van der Waals surface area contributed by atoms with Crippen LogP contribution in [0.3, 0.4) is 0 Å². The molecule has 0 aromatic carbocycles. The highest BCUT2D eigenvalue weighted by Gasteiger charge is 2.34. The fourth-order valence-corrected chi connectivity index (χ4v) is 4.05. The Morgan fingerprint density at radius 3 is 2.37 bits per heavy atom. The minimum Gasteiger partial charge on any atom is -0.550 e. The van der Waals surface area contributed by atoms with Crippen molar-refractivity contribution in [2.24, 2.45) is 5.41 Å². The molecule has 2 heteroatoms. The van der Waals surface area contributed by atoms with Crippen molar-refractivity contribution in [1.29, 1.82) is 0 Å². The van der Waals surface area contributed by atoms with Crippen LogP contribution in [0, 0.1) is 5.41 Å². The summed E-state index contributed by atoms with van der Waals surface area (Å²) in [7, 11) is -0.931. The molecule has 1 aliphatic carbocycles. The zero-order chi connectivity index (χ0) is 14.1. The molecule has 1 aliphatic rings. The van der Waals surface area contributed by atoms with Crippen molar-refractivity contribution < 1.29 is 4.43 Å². The van der Waals surface area contributed by atoms with Gasteiger partial charge in [-0.2, -0.15) is 0 Å². The predicted molar refractivity (Wildman–Crippen MR) is 88.0 cm³/mol. The maximum absolute atomic E-state index is 6.08. The van der Waals surface area contributed by atoms with E-state index in [-0.39, 0.29) is 0 Å². The van der Waals surface area contributed by atoms with Crippen LogP contribution < -0.4 is 0 Å². The molecule has 0 aliphatic heterocycles. The van der Waals surface area contributed by atoms with Crippen LogP contribution in [0.1, 0.15) is 78.1 Å². The first kappa shape index (κ1) is 16.8. The Morgan fingerprint density at radius 1 is 1.16 bits per heavy atom. The summed E-state index contributed by atoms with van der Waals surface area (Å²) in [5.74, 6) is 1.30. The summed E-state index contributed by atoms with van der Waals surface area (Å²) in [6.07, 6.45) is 15.9. The first-order valence-electron chi connectivity index (χ1n) is 8.47. The molecule has 0 spiro atoms. The van der Waals surface area contributed by atoms with Crippen molar-refractivity contribution in [3.05, 3.63) is 11.8 Å². The minimum atomic E-state index is -0.931. The standard InChI is InChI=1S/C17H34OSi/c1-5-7-10-16(18-19(3)4)11-8-13-17(12-6-2)14-9-15-17/h11,19H,5-10,12-15H2,1-4H3. The van der Waals surface area contributed by atoms with Gasteiger partial charge in [0.1, 0.15) is 0 Å². The normalized spacial score (nSPS) is 18.5. The first-order valence-corrected chi connectivity index (χ1v) is 11.3. The van der Waals surface area contributed by atoms with Gasteiger partial charge < -0.3 is 4.43 Å². The highest BCUT2D eigenvalue weighted by atomic mass is 28.3. The molecular weight excluding hydrogens is 248 g/mol. The zero-order valence-corrected chi connectivity index (χ0v) is 14.8. The SMILES string of the molecule is CCCCC(=CCCC1(CCC)CCC1)O[SiH](C)C. The monoisotopic (exact) mass is 282 g/mol. The summed E-state index contributed by atoms with van der Waals surface area (Å²) < 4.78 is 6.08. The van der Waals surface area contributed by atoms with Crippen LogP contribution in [-0.2, 0) is 4.43 Å². The summed E-state index contributed by atoms with van der Waals surface area (Å²) in [4.78, 5) is 0. The van der Waals surface area contributed by atoms with E-state index in [1.54, 1.807) is 0 Å². The second-order valence-electron chi connectivity index (χ2n) is 6.58. The third-order valence-electron chi connectivity index (χ3n) is 4.41. The van der Waals surface area contributed by atoms with E-state index in [1.165, 1.54) is 63.5 Å². The number of hydrogen-bond donors (Lipinski definition) is 0. The largest absolute Gasteiger partial charge is 0.550 e. The van der Waals surface area contributed by atoms with Crippen LogP contribution in [0.15, 0.2) is 11.8 Å². The Balaban J connectivity index is 2.40. The molecule has 0 heterocycles. The fourth-order valence-electron chi connectivity index (χ4n) is 3.23. The molecule has 0 N–H and O–H groups in total. The summed E-state index contributed by atoms with van der Waals surface area (Å²) in [6, 6.07) is 0. The van der Waals surface area contributed by atoms with Crippen LogP contribution in [0.5, 0.6) is 0 Å². The Bertz CT molecular complexity index is 266. The van der Waals surface area contributed by atoms with E-state index in [0.717, 1.165) is 6.42 Å². The van der Waals surface area contributed by atoms with Gasteiger partial charge in [-0.15, -0.1) is 0 Å². The van der Waals surface area contributed by atoms with Crippen molar-refractivity contribution >= 4 is 9.04 Å².